The van der Waals surface area contributed by atoms with Crippen molar-refractivity contribution in [2.45, 2.75) is 0 Å². The van der Waals surface area contributed by atoms with Crippen LogP contribution in [0.15, 0.2) is 47.6 Å². The summed E-state index contributed by atoms with van der Waals surface area (Å²) in [6, 6.07) is 11.6. The SMILES string of the molecule is COc1ccc(/C=N/NC(=O)CNC(=O)c2ccc(Cl)c(Cl)c2)cc1. The maximum Gasteiger partial charge on any atom is 0.259 e. The number of hydrogen-bond donors (Lipinski definition) is 2. The minimum Gasteiger partial charge on any atom is -0.497 e. The number of benzene rings is 2. The van der Waals surface area contributed by atoms with Crippen LogP contribution in [0.1, 0.15) is 15.9 Å². The van der Waals surface area contributed by atoms with Crippen LogP contribution >= 0.6 is 23.2 Å². The number of amides is 2. The monoisotopic (exact) mass is 379 g/mol. The molecule has 8 heteroatoms. The molecule has 130 valence electrons. The Balaban J connectivity index is 1.80. The second-order valence-corrected chi connectivity index (χ2v) is 5.69. The summed E-state index contributed by atoms with van der Waals surface area (Å²) < 4.78 is 5.05. The number of carbonyl (C=O) groups excluding carboxylic acids is 2. The first-order valence-electron chi connectivity index (χ1n) is 7.19. The van der Waals surface area contributed by atoms with Gasteiger partial charge in [-0.25, -0.2) is 5.43 Å². The van der Waals surface area contributed by atoms with Crippen molar-refractivity contribution in [1.29, 1.82) is 0 Å². The fraction of sp³-hybridized carbons (Fsp3) is 0.118. The van der Waals surface area contributed by atoms with E-state index in [1.165, 1.54) is 24.4 Å². The molecule has 2 rings (SSSR count). The fourth-order valence-corrected chi connectivity index (χ4v) is 2.11. The molecular formula is C17H15Cl2N3O3. The highest BCUT2D eigenvalue weighted by atomic mass is 35.5. The van der Waals surface area contributed by atoms with Crippen molar-refractivity contribution < 1.29 is 14.3 Å². The Bertz CT molecular complexity index is 792. The van der Waals surface area contributed by atoms with Crippen molar-refractivity contribution in [2.24, 2.45) is 5.10 Å². The van der Waals surface area contributed by atoms with Gasteiger partial charge in [0.05, 0.1) is 29.9 Å². The van der Waals surface area contributed by atoms with Gasteiger partial charge >= 0.3 is 0 Å². The molecule has 0 atom stereocenters. The third-order valence-corrected chi connectivity index (χ3v) is 3.85. The minimum absolute atomic E-state index is 0.223. The van der Waals surface area contributed by atoms with Crippen LogP contribution in [-0.2, 0) is 4.79 Å². The van der Waals surface area contributed by atoms with Gasteiger partial charge in [0.1, 0.15) is 5.75 Å². The van der Waals surface area contributed by atoms with Crippen molar-refractivity contribution in [3.05, 3.63) is 63.6 Å². The minimum atomic E-state index is -0.460. The molecular weight excluding hydrogens is 365 g/mol. The number of hydrazone groups is 1. The maximum absolute atomic E-state index is 11.9. The van der Waals surface area contributed by atoms with Gasteiger partial charge in [-0.05, 0) is 48.0 Å². The third-order valence-electron chi connectivity index (χ3n) is 3.11. The van der Waals surface area contributed by atoms with Gasteiger partial charge in [-0.3, -0.25) is 9.59 Å². The first-order chi connectivity index (χ1) is 12.0. The van der Waals surface area contributed by atoms with E-state index in [1.807, 2.05) is 0 Å². The number of rotatable bonds is 6. The van der Waals surface area contributed by atoms with Gasteiger partial charge in [-0.15, -0.1) is 0 Å². The highest BCUT2D eigenvalue weighted by molar-refractivity contribution is 6.42. The van der Waals surface area contributed by atoms with E-state index in [9.17, 15) is 9.59 Å². The first kappa shape index (κ1) is 18.8. The summed E-state index contributed by atoms with van der Waals surface area (Å²) in [4.78, 5) is 23.6. The fourth-order valence-electron chi connectivity index (χ4n) is 1.81. The Hall–Kier alpha value is -2.57. The molecule has 0 aromatic heterocycles. The maximum atomic E-state index is 11.9. The summed E-state index contributed by atoms with van der Waals surface area (Å²) in [5, 5.41) is 6.90. The predicted octanol–water partition coefficient (Wildman–Crippen LogP) is 2.88. The average Bonchev–Trinajstić information content (AvgIpc) is 2.62. The molecule has 0 radical (unpaired) electrons. The van der Waals surface area contributed by atoms with E-state index in [0.29, 0.717) is 10.6 Å². The lowest BCUT2D eigenvalue weighted by atomic mass is 10.2. The number of methoxy groups -OCH3 is 1. The van der Waals surface area contributed by atoms with Gasteiger partial charge in [0.25, 0.3) is 11.8 Å². The summed E-state index contributed by atoms with van der Waals surface area (Å²) >= 11 is 11.6. The molecule has 25 heavy (non-hydrogen) atoms. The molecule has 0 aliphatic heterocycles. The van der Waals surface area contributed by atoms with Crippen LogP contribution in [0.5, 0.6) is 5.75 Å². The molecule has 0 fully saturated rings. The van der Waals surface area contributed by atoms with Gasteiger partial charge in [0.15, 0.2) is 0 Å². The summed E-state index contributed by atoms with van der Waals surface area (Å²) in [5.41, 5.74) is 3.43. The van der Waals surface area contributed by atoms with E-state index in [4.69, 9.17) is 27.9 Å². The highest BCUT2D eigenvalue weighted by Gasteiger charge is 2.09. The molecule has 2 amide bonds. The van der Waals surface area contributed by atoms with Crippen LogP contribution in [0.4, 0.5) is 0 Å². The Morgan fingerprint density at radius 1 is 1.12 bits per heavy atom. The van der Waals surface area contributed by atoms with E-state index in [0.717, 1.165) is 11.3 Å². The molecule has 0 saturated carbocycles. The smallest absolute Gasteiger partial charge is 0.259 e. The van der Waals surface area contributed by atoms with Crippen LogP contribution < -0.4 is 15.5 Å². The Morgan fingerprint density at radius 2 is 1.84 bits per heavy atom. The van der Waals surface area contributed by atoms with Crippen molar-refractivity contribution >= 4 is 41.2 Å². The van der Waals surface area contributed by atoms with E-state index in [1.54, 1.807) is 31.4 Å². The van der Waals surface area contributed by atoms with Crippen LogP contribution in [0.2, 0.25) is 10.0 Å². The Morgan fingerprint density at radius 3 is 2.48 bits per heavy atom. The predicted molar refractivity (Wildman–Crippen MR) is 97.5 cm³/mol. The molecule has 0 heterocycles. The van der Waals surface area contributed by atoms with Gasteiger partial charge in [0, 0.05) is 5.56 Å². The van der Waals surface area contributed by atoms with E-state index < -0.39 is 11.8 Å². The molecule has 2 aromatic carbocycles. The number of nitrogens with one attached hydrogen (secondary N) is 2. The highest BCUT2D eigenvalue weighted by Crippen LogP contribution is 2.22. The first-order valence-corrected chi connectivity index (χ1v) is 7.94. The van der Waals surface area contributed by atoms with Gasteiger partial charge in [-0.2, -0.15) is 5.10 Å². The molecule has 0 aliphatic carbocycles. The van der Waals surface area contributed by atoms with Gasteiger partial charge in [-0.1, -0.05) is 23.2 Å². The second kappa shape index (κ2) is 9.05. The Labute approximate surface area is 154 Å². The van der Waals surface area contributed by atoms with Crippen molar-refractivity contribution in [3.63, 3.8) is 0 Å². The molecule has 0 bridgehead atoms. The molecule has 2 N–H and O–H groups in total. The lowest BCUT2D eigenvalue weighted by molar-refractivity contribution is -0.120. The quantitative estimate of drug-likeness (QED) is 0.598. The van der Waals surface area contributed by atoms with Crippen molar-refractivity contribution in [3.8, 4) is 5.75 Å². The average molecular weight is 380 g/mol. The van der Waals surface area contributed by atoms with E-state index in [-0.39, 0.29) is 11.6 Å². The van der Waals surface area contributed by atoms with Gasteiger partial charge < -0.3 is 10.1 Å². The zero-order valence-corrected chi connectivity index (χ0v) is 14.8. The summed E-state index contributed by atoms with van der Waals surface area (Å²) in [7, 11) is 1.58. The summed E-state index contributed by atoms with van der Waals surface area (Å²) in [6.45, 7) is -0.223. The third kappa shape index (κ3) is 5.77. The van der Waals surface area contributed by atoms with Crippen LogP contribution in [0.3, 0.4) is 0 Å². The number of ether oxygens (including phenoxy) is 1. The van der Waals surface area contributed by atoms with E-state index in [2.05, 4.69) is 15.8 Å². The van der Waals surface area contributed by atoms with Crippen molar-refractivity contribution in [2.75, 3.05) is 13.7 Å². The van der Waals surface area contributed by atoms with Crippen LogP contribution in [-0.4, -0.2) is 31.7 Å². The number of hydrogen-bond acceptors (Lipinski definition) is 4. The zero-order chi connectivity index (χ0) is 18.2. The normalized spacial score (nSPS) is 10.5. The molecule has 0 unspecified atom stereocenters. The largest absolute Gasteiger partial charge is 0.497 e. The van der Waals surface area contributed by atoms with Crippen LogP contribution in [0.25, 0.3) is 0 Å². The van der Waals surface area contributed by atoms with E-state index >= 15 is 0 Å². The lowest BCUT2D eigenvalue weighted by Crippen LogP contribution is -2.34. The molecule has 2 aromatic rings. The van der Waals surface area contributed by atoms with Gasteiger partial charge in [0.2, 0.25) is 0 Å². The zero-order valence-electron chi connectivity index (χ0n) is 13.3. The number of nitrogens with zero attached hydrogens (tertiary/aromatic N) is 1. The molecule has 0 spiro atoms. The number of carbonyl (C=O) groups is 2. The molecule has 0 saturated heterocycles. The van der Waals surface area contributed by atoms with Crippen LogP contribution in [0, 0.1) is 0 Å². The standard InChI is InChI=1S/C17H15Cl2N3O3/c1-25-13-5-2-11(3-6-13)9-21-22-16(23)10-20-17(24)12-4-7-14(18)15(19)8-12/h2-9H,10H2,1H3,(H,20,24)(H,22,23)/b21-9+. The van der Waals surface area contributed by atoms with Crippen molar-refractivity contribution in [1.82, 2.24) is 10.7 Å². The molecule has 0 aliphatic rings. The summed E-state index contributed by atoms with van der Waals surface area (Å²) in [6.07, 6.45) is 1.48. The number of halogens is 2. The molecule has 6 nitrogen and oxygen atoms in total. The Kier molecular flexibility index (Phi) is 6.80. The topological polar surface area (TPSA) is 79.8 Å². The summed E-state index contributed by atoms with van der Waals surface area (Å²) in [5.74, 6) is -0.169. The second-order valence-electron chi connectivity index (χ2n) is 4.88. The lowest BCUT2D eigenvalue weighted by Gasteiger charge is -2.05.